The van der Waals surface area contributed by atoms with Crippen molar-refractivity contribution in [2.45, 2.75) is 6.92 Å². The summed E-state index contributed by atoms with van der Waals surface area (Å²) in [6, 6.07) is 7.14. The lowest BCUT2D eigenvalue weighted by atomic mass is 10.2. The maximum Gasteiger partial charge on any atom is 0.283 e. The van der Waals surface area contributed by atoms with Gasteiger partial charge < -0.3 is 5.32 Å². The lowest BCUT2D eigenvalue weighted by Gasteiger charge is -2.05. The summed E-state index contributed by atoms with van der Waals surface area (Å²) in [7, 11) is 0. The van der Waals surface area contributed by atoms with E-state index in [-0.39, 0.29) is 0 Å². The summed E-state index contributed by atoms with van der Waals surface area (Å²) < 4.78 is 12.3. The van der Waals surface area contributed by atoms with E-state index in [1.807, 2.05) is 19.1 Å². The van der Waals surface area contributed by atoms with E-state index in [0.29, 0.717) is 5.69 Å². The molecule has 0 aliphatic carbocycles. The summed E-state index contributed by atoms with van der Waals surface area (Å²) in [6.45, 7) is 4.73. The van der Waals surface area contributed by atoms with Crippen molar-refractivity contribution in [1.29, 1.82) is 0 Å². The van der Waals surface area contributed by atoms with Crippen LogP contribution in [0.15, 0.2) is 36.7 Å². The minimum atomic E-state index is -0.983. The van der Waals surface area contributed by atoms with Crippen LogP contribution in [0.5, 0.6) is 0 Å². The highest BCUT2D eigenvalue weighted by atomic mass is 19.1. The number of hydrogen-bond acceptors (Lipinski definition) is 1. The SMILES string of the molecule is C=C(F)C(=O)Nc1ccccc1C. The lowest BCUT2D eigenvalue weighted by molar-refractivity contribution is -0.114. The molecule has 2 nitrogen and oxygen atoms in total. The number of anilines is 1. The number of amides is 1. The second-order valence-electron chi connectivity index (χ2n) is 2.67. The van der Waals surface area contributed by atoms with Crippen LogP contribution in [0, 0.1) is 6.92 Å². The zero-order chi connectivity index (χ0) is 9.84. The molecule has 1 aromatic rings. The monoisotopic (exact) mass is 179 g/mol. The van der Waals surface area contributed by atoms with Gasteiger partial charge in [-0.2, -0.15) is 0 Å². The summed E-state index contributed by atoms with van der Waals surface area (Å²) in [6.07, 6.45) is 0. The van der Waals surface area contributed by atoms with Crippen LogP contribution < -0.4 is 5.32 Å². The van der Waals surface area contributed by atoms with Gasteiger partial charge in [0.25, 0.3) is 5.91 Å². The van der Waals surface area contributed by atoms with Crippen molar-refractivity contribution in [3.63, 3.8) is 0 Å². The first-order valence-electron chi connectivity index (χ1n) is 3.82. The number of halogens is 1. The highest BCUT2D eigenvalue weighted by molar-refractivity contribution is 6.01. The van der Waals surface area contributed by atoms with E-state index in [2.05, 4.69) is 11.9 Å². The van der Waals surface area contributed by atoms with Crippen molar-refractivity contribution in [3.05, 3.63) is 42.2 Å². The Labute approximate surface area is 76.1 Å². The molecule has 13 heavy (non-hydrogen) atoms. The van der Waals surface area contributed by atoms with Gasteiger partial charge in [-0.25, -0.2) is 4.39 Å². The number of aryl methyl sites for hydroxylation is 1. The fourth-order valence-corrected chi connectivity index (χ4v) is 0.903. The molecule has 0 aromatic heterocycles. The normalized spacial score (nSPS) is 9.38. The lowest BCUT2D eigenvalue weighted by Crippen LogP contribution is -2.11. The van der Waals surface area contributed by atoms with Gasteiger partial charge in [0.1, 0.15) is 0 Å². The van der Waals surface area contributed by atoms with E-state index in [9.17, 15) is 9.18 Å². The van der Waals surface area contributed by atoms with Gasteiger partial charge in [0.05, 0.1) is 0 Å². The van der Waals surface area contributed by atoms with E-state index in [1.54, 1.807) is 12.1 Å². The van der Waals surface area contributed by atoms with Crippen molar-refractivity contribution >= 4 is 11.6 Å². The third-order valence-electron chi connectivity index (χ3n) is 1.64. The Hall–Kier alpha value is -1.64. The molecule has 0 aliphatic heterocycles. The van der Waals surface area contributed by atoms with Gasteiger partial charge in [-0.3, -0.25) is 4.79 Å². The fourth-order valence-electron chi connectivity index (χ4n) is 0.903. The molecule has 0 unspecified atom stereocenters. The molecule has 0 heterocycles. The van der Waals surface area contributed by atoms with Crippen LogP contribution in [-0.4, -0.2) is 5.91 Å². The van der Waals surface area contributed by atoms with Crippen molar-refractivity contribution in [2.75, 3.05) is 5.32 Å². The van der Waals surface area contributed by atoms with Gasteiger partial charge in [0.2, 0.25) is 0 Å². The average Bonchev–Trinajstić information content (AvgIpc) is 2.08. The molecule has 1 amide bonds. The van der Waals surface area contributed by atoms with Gasteiger partial charge in [0, 0.05) is 5.69 Å². The number of carbonyl (C=O) groups excluding carboxylic acids is 1. The molecule has 0 fully saturated rings. The first-order valence-corrected chi connectivity index (χ1v) is 3.82. The molecule has 0 aliphatic rings. The summed E-state index contributed by atoms with van der Waals surface area (Å²) in [5.41, 5.74) is 1.49. The summed E-state index contributed by atoms with van der Waals surface area (Å²) >= 11 is 0. The third-order valence-corrected chi connectivity index (χ3v) is 1.64. The minimum Gasteiger partial charge on any atom is -0.320 e. The second kappa shape index (κ2) is 3.85. The molecule has 68 valence electrons. The average molecular weight is 179 g/mol. The molecular weight excluding hydrogens is 169 g/mol. The molecule has 0 spiro atoms. The van der Waals surface area contributed by atoms with E-state index in [0.717, 1.165) is 5.56 Å². The highest BCUT2D eigenvalue weighted by Gasteiger charge is 2.06. The molecule has 1 N–H and O–H groups in total. The molecule has 0 radical (unpaired) electrons. The zero-order valence-corrected chi connectivity index (χ0v) is 7.30. The zero-order valence-electron chi connectivity index (χ0n) is 7.30. The first-order chi connectivity index (χ1) is 6.11. The van der Waals surface area contributed by atoms with Crippen LogP contribution in [0.25, 0.3) is 0 Å². The summed E-state index contributed by atoms with van der Waals surface area (Å²) in [5.74, 6) is -1.78. The molecule has 0 bridgehead atoms. The predicted molar refractivity (Wildman–Crippen MR) is 50.1 cm³/mol. The second-order valence-corrected chi connectivity index (χ2v) is 2.67. The van der Waals surface area contributed by atoms with Crippen molar-refractivity contribution in [1.82, 2.24) is 0 Å². The molecule has 1 rings (SSSR count). The van der Waals surface area contributed by atoms with Crippen LogP contribution >= 0.6 is 0 Å². The molecule has 0 saturated carbocycles. The smallest absolute Gasteiger partial charge is 0.283 e. The van der Waals surface area contributed by atoms with Crippen molar-refractivity contribution in [3.8, 4) is 0 Å². The maximum absolute atomic E-state index is 12.3. The summed E-state index contributed by atoms with van der Waals surface area (Å²) in [5, 5.41) is 2.40. The number of nitrogens with one attached hydrogen (secondary N) is 1. The standard InChI is InChI=1S/C10H10FNO/c1-7-5-3-4-6-9(7)12-10(13)8(2)11/h3-6H,2H2,1H3,(H,12,13). The van der Waals surface area contributed by atoms with Crippen LogP contribution in [-0.2, 0) is 4.79 Å². The van der Waals surface area contributed by atoms with Crippen LogP contribution in [0.3, 0.4) is 0 Å². The topological polar surface area (TPSA) is 29.1 Å². The van der Waals surface area contributed by atoms with Crippen LogP contribution in [0.2, 0.25) is 0 Å². The minimum absolute atomic E-state index is 0.603. The fraction of sp³-hybridized carbons (Fsp3) is 0.100. The Balaban J connectivity index is 2.81. The molecule has 0 saturated heterocycles. The molecule has 1 aromatic carbocycles. The molecule has 0 atom stereocenters. The number of carbonyl (C=O) groups is 1. The maximum atomic E-state index is 12.3. The third kappa shape index (κ3) is 2.40. The largest absolute Gasteiger partial charge is 0.320 e. The molecular formula is C10H10FNO. The Morgan fingerprint density at radius 1 is 1.46 bits per heavy atom. The number of rotatable bonds is 2. The molecule has 3 heteroatoms. The van der Waals surface area contributed by atoms with Crippen molar-refractivity contribution < 1.29 is 9.18 Å². The Morgan fingerprint density at radius 3 is 2.62 bits per heavy atom. The van der Waals surface area contributed by atoms with E-state index < -0.39 is 11.7 Å². The quantitative estimate of drug-likeness (QED) is 0.694. The number of hydrogen-bond donors (Lipinski definition) is 1. The van der Waals surface area contributed by atoms with Gasteiger partial charge in [0.15, 0.2) is 5.83 Å². The number of para-hydroxylation sites is 1. The van der Waals surface area contributed by atoms with Gasteiger partial charge in [-0.1, -0.05) is 24.8 Å². The van der Waals surface area contributed by atoms with E-state index in [4.69, 9.17) is 0 Å². The van der Waals surface area contributed by atoms with Gasteiger partial charge in [-0.05, 0) is 18.6 Å². The van der Waals surface area contributed by atoms with Gasteiger partial charge >= 0.3 is 0 Å². The van der Waals surface area contributed by atoms with E-state index in [1.165, 1.54) is 0 Å². The Morgan fingerprint density at radius 2 is 2.08 bits per heavy atom. The van der Waals surface area contributed by atoms with Crippen LogP contribution in [0.4, 0.5) is 10.1 Å². The summed E-state index contributed by atoms with van der Waals surface area (Å²) in [4.78, 5) is 10.9. The Bertz CT molecular complexity index is 347. The first kappa shape index (κ1) is 9.45. The van der Waals surface area contributed by atoms with Gasteiger partial charge in [-0.15, -0.1) is 0 Å². The Kier molecular flexibility index (Phi) is 2.80. The predicted octanol–water partition coefficient (Wildman–Crippen LogP) is 2.42. The van der Waals surface area contributed by atoms with E-state index >= 15 is 0 Å². The van der Waals surface area contributed by atoms with Crippen molar-refractivity contribution in [2.24, 2.45) is 0 Å². The highest BCUT2D eigenvalue weighted by Crippen LogP contribution is 2.13. The number of benzene rings is 1. The van der Waals surface area contributed by atoms with Crippen LogP contribution in [0.1, 0.15) is 5.56 Å².